The molecule has 3 heterocycles. The molecule has 0 bridgehead atoms. The summed E-state index contributed by atoms with van der Waals surface area (Å²) in [4.78, 5) is 18.0. The zero-order valence-corrected chi connectivity index (χ0v) is 14.0. The molecule has 3 rings (SSSR count). The molecule has 23 heavy (non-hydrogen) atoms. The first-order valence-corrected chi connectivity index (χ1v) is 8.48. The molecule has 0 aliphatic carbocycles. The van der Waals surface area contributed by atoms with Crippen LogP contribution in [0.25, 0.3) is 0 Å². The molecule has 5 nitrogen and oxygen atoms in total. The fourth-order valence-corrected chi connectivity index (χ4v) is 3.34. The van der Waals surface area contributed by atoms with Crippen LogP contribution in [0.2, 0.25) is 0 Å². The number of likely N-dealkylation sites (tertiary alicyclic amines) is 1. The second-order valence-corrected chi connectivity index (χ2v) is 7.16. The molecule has 5 heteroatoms. The fourth-order valence-electron chi connectivity index (χ4n) is 3.34. The van der Waals surface area contributed by atoms with E-state index in [1.807, 2.05) is 17.0 Å². The van der Waals surface area contributed by atoms with Gasteiger partial charge in [-0.1, -0.05) is 13.8 Å². The van der Waals surface area contributed by atoms with Gasteiger partial charge in [-0.05, 0) is 30.0 Å². The summed E-state index contributed by atoms with van der Waals surface area (Å²) in [7, 11) is 0. The lowest BCUT2D eigenvalue weighted by Gasteiger charge is -2.53. The van der Waals surface area contributed by atoms with Gasteiger partial charge in [-0.15, -0.1) is 0 Å². The highest BCUT2D eigenvalue weighted by molar-refractivity contribution is 5.77. The Bertz CT molecular complexity index is 526. The van der Waals surface area contributed by atoms with Crippen molar-refractivity contribution in [2.24, 2.45) is 5.92 Å². The van der Waals surface area contributed by atoms with Gasteiger partial charge in [0.2, 0.25) is 5.91 Å². The third-order valence-electron chi connectivity index (χ3n) is 4.58. The molecule has 0 N–H and O–H groups in total. The van der Waals surface area contributed by atoms with Crippen molar-refractivity contribution >= 4 is 5.91 Å². The van der Waals surface area contributed by atoms with Crippen molar-refractivity contribution in [3.05, 3.63) is 30.1 Å². The van der Waals surface area contributed by atoms with E-state index in [0.717, 1.165) is 18.4 Å². The highest BCUT2D eigenvalue weighted by Gasteiger charge is 2.49. The van der Waals surface area contributed by atoms with Gasteiger partial charge in [0.15, 0.2) is 0 Å². The summed E-state index contributed by atoms with van der Waals surface area (Å²) >= 11 is 0. The van der Waals surface area contributed by atoms with Crippen LogP contribution in [0.5, 0.6) is 0 Å². The van der Waals surface area contributed by atoms with Gasteiger partial charge in [-0.2, -0.15) is 0 Å². The third kappa shape index (κ3) is 4.09. The van der Waals surface area contributed by atoms with Crippen LogP contribution in [0.4, 0.5) is 0 Å². The van der Waals surface area contributed by atoms with E-state index < -0.39 is 0 Å². The summed E-state index contributed by atoms with van der Waals surface area (Å²) in [6.07, 6.45) is 6.20. The first kappa shape index (κ1) is 16.4. The molecule has 1 aromatic heterocycles. The van der Waals surface area contributed by atoms with E-state index in [1.54, 1.807) is 12.4 Å². The Kier molecular flexibility index (Phi) is 4.97. The van der Waals surface area contributed by atoms with Gasteiger partial charge in [0.25, 0.3) is 0 Å². The number of hydrogen-bond donors (Lipinski definition) is 0. The van der Waals surface area contributed by atoms with Gasteiger partial charge in [0, 0.05) is 31.8 Å². The molecule has 2 saturated heterocycles. The van der Waals surface area contributed by atoms with Crippen molar-refractivity contribution in [3.8, 4) is 0 Å². The van der Waals surface area contributed by atoms with Gasteiger partial charge in [-0.3, -0.25) is 9.78 Å². The maximum absolute atomic E-state index is 12.1. The molecule has 2 aliphatic rings. The molecular weight excluding hydrogens is 292 g/mol. The van der Waals surface area contributed by atoms with Gasteiger partial charge in [-0.25, -0.2) is 0 Å². The Morgan fingerprint density at radius 2 is 2.17 bits per heavy atom. The SMILES string of the molecule is CC(C)CC(=O)N1CC2(C[C@@H](OCc3ccncc3)CCO2)C1. The maximum atomic E-state index is 12.1. The zero-order chi connectivity index (χ0) is 16.3. The van der Waals surface area contributed by atoms with Gasteiger partial charge >= 0.3 is 0 Å². The number of amides is 1. The molecule has 2 fully saturated rings. The van der Waals surface area contributed by atoms with Gasteiger partial charge < -0.3 is 14.4 Å². The molecule has 0 radical (unpaired) electrons. The summed E-state index contributed by atoms with van der Waals surface area (Å²) in [5, 5.41) is 0. The van der Waals surface area contributed by atoms with E-state index in [0.29, 0.717) is 38.6 Å². The molecule has 0 unspecified atom stereocenters. The summed E-state index contributed by atoms with van der Waals surface area (Å²) in [5.74, 6) is 0.650. The Morgan fingerprint density at radius 3 is 2.87 bits per heavy atom. The first-order valence-electron chi connectivity index (χ1n) is 8.48. The number of nitrogens with zero attached hydrogens (tertiary/aromatic N) is 2. The Balaban J connectivity index is 1.47. The lowest BCUT2D eigenvalue weighted by atomic mass is 9.84. The highest BCUT2D eigenvalue weighted by Crippen LogP contribution is 2.36. The maximum Gasteiger partial charge on any atom is 0.223 e. The molecule has 1 aromatic rings. The van der Waals surface area contributed by atoms with E-state index in [1.165, 1.54) is 0 Å². The summed E-state index contributed by atoms with van der Waals surface area (Å²) in [6.45, 7) is 6.91. The highest BCUT2D eigenvalue weighted by atomic mass is 16.5. The van der Waals surface area contributed by atoms with Crippen molar-refractivity contribution in [3.63, 3.8) is 0 Å². The molecule has 1 atom stereocenters. The molecule has 0 aromatic carbocycles. The monoisotopic (exact) mass is 318 g/mol. The minimum atomic E-state index is -0.173. The smallest absolute Gasteiger partial charge is 0.223 e. The number of hydrogen-bond acceptors (Lipinski definition) is 4. The molecule has 2 aliphatic heterocycles. The normalized spacial score (nSPS) is 23.1. The molecule has 1 amide bonds. The predicted molar refractivity (Wildman–Crippen MR) is 86.8 cm³/mol. The second-order valence-electron chi connectivity index (χ2n) is 7.16. The topological polar surface area (TPSA) is 51.7 Å². The number of rotatable bonds is 5. The van der Waals surface area contributed by atoms with Crippen LogP contribution >= 0.6 is 0 Å². The molecule has 0 saturated carbocycles. The van der Waals surface area contributed by atoms with Crippen LogP contribution in [0, 0.1) is 5.92 Å². The number of pyridine rings is 1. The number of carbonyl (C=O) groups is 1. The van der Waals surface area contributed by atoms with Crippen LogP contribution in [0.15, 0.2) is 24.5 Å². The Hall–Kier alpha value is -1.46. The van der Waals surface area contributed by atoms with Crippen molar-refractivity contribution in [2.45, 2.75) is 51.4 Å². The van der Waals surface area contributed by atoms with Crippen molar-refractivity contribution < 1.29 is 14.3 Å². The molecule has 1 spiro atoms. The van der Waals surface area contributed by atoms with Gasteiger partial charge in [0.1, 0.15) is 5.60 Å². The van der Waals surface area contributed by atoms with Crippen LogP contribution in [0.3, 0.4) is 0 Å². The average Bonchev–Trinajstić information content (AvgIpc) is 2.51. The standard InChI is InChI=1S/C18H26N2O3/c1-14(2)9-17(21)20-12-18(13-20)10-16(5-8-23-18)22-11-15-3-6-19-7-4-15/h3-4,6-7,14,16H,5,8-13H2,1-2H3/t16-/m0/s1. The first-order chi connectivity index (χ1) is 11.1. The van der Waals surface area contributed by atoms with E-state index in [4.69, 9.17) is 9.47 Å². The number of ether oxygens (including phenoxy) is 2. The number of aromatic nitrogens is 1. The van der Waals surface area contributed by atoms with E-state index >= 15 is 0 Å². The lowest BCUT2D eigenvalue weighted by Crippen LogP contribution is -2.67. The van der Waals surface area contributed by atoms with Crippen molar-refractivity contribution in [1.82, 2.24) is 9.88 Å². The second kappa shape index (κ2) is 6.97. The third-order valence-corrected chi connectivity index (χ3v) is 4.58. The zero-order valence-electron chi connectivity index (χ0n) is 14.0. The fraction of sp³-hybridized carbons (Fsp3) is 0.667. The van der Waals surface area contributed by atoms with Crippen molar-refractivity contribution in [1.29, 1.82) is 0 Å². The minimum absolute atomic E-state index is 0.173. The van der Waals surface area contributed by atoms with Crippen molar-refractivity contribution in [2.75, 3.05) is 19.7 Å². The van der Waals surface area contributed by atoms with Crippen LogP contribution in [-0.4, -0.2) is 47.2 Å². The van der Waals surface area contributed by atoms with E-state index in [-0.39, 0.29) is 17.6 Å². The Morgan fingerprint density at radius 1 is 1.43 bits per heavy atom. The van der Waals surface area contributed by atoms with Crippen LogP contribution in [0.1, 0.15) is 38.7 Å². The predicted octanol–water partition coefficient (Wildman–Crippen LogP) is 2.40. The lowest BCUT2D eigenvalue weighted by molar-refractivity contribution is -0.202. The minimum Gasteiger partial charge on any atom is -0.373 e. The summed E-state index contributed by atoms with van der Waals surface area (Å²) in [5.41, 5.74) is 0.969. The van der Waals surface area contributed by atoms with Crippen LogP contribution in [-0.2, 0) is 20.9 Å². The largest absolute Gasteiger partial charge is 0.373 e. The molecule has 126 valence electrons. The van der Waals surface area contributed by atoms with Crippen LogP contribution < -0.4 is 0 Å². The Labute approximate surface area is 138 Å². The average molecular weight is 318 g/mol. The number of carbonyl (C=O) groups excluding carboxylic acids is 1. The van der Waals surface area contributed by atoms with E-state index in [2.05, 4.69) is 18.8 Å². The van der Waals surface area contributed by atoms with E-state index in [9.17, 15) is 4.79 Å². The molecular formula is C18H26N2O3. The summed E-state index contributed by atoms with van der Waals surface area (Å²) < 4.78 is 12.0. The quantitative estimate of drug-likeness (QED) is 0.836. The summed E-state index contributed by atoms with van der Waals surface area (Å²) in [6, 6.07) is 3.95. The van der Waals surface area contributed by atoms with Gasteiger partial charge in [0.05, 0.1) is 25.8 Å².